The van der Waals surface area contributed by atoms with Crippen LogP contribution in [0.3, 0.4) is 0 Å². The van der Waals surface area contributed by atoms with Crippen LogP contribution in [0.25, 0.3) is 11.1 Å². The standard InChI is InChI=1S/C17H22NO3P/c1-4-20-22(19,21-5-2)18-17-13-14(3)11-12-16(17)15-9-7-6-8-10-15/h6-13H,4-5H2,1-3H3,(H,18,19). The van der Waals surface area contributed by atoms with Gasteiger partial charge in [0.1, 0.15) is 0 Å². The lowest BCUT2D eigenvalue weighted by molar-refractivity contribution is 0.225. The predicted octanol–water partition coefficient (Wildman–Crippen LogP) is 5.26. The normalized spacial score (nSPS) is 11.4. The van der Waals surface area contributed by atoms with Gasteiger partial charge in [0.2, 0.25) is 0 Å². The van der Waals surface area contributed by atoms with Crippen LogP contribution < -0.4 is 5.09 Å². The molecule has 0 heterocycles. The molecule has 22 heavy (non-hydrogen) atoms. The van der Waals surface area contributed by atoms with E-state index in [2.05, 4.69) is 5.09 Å². The van der Waals surface area contributed by atoms with Gasteiger partial charge in [-0.2, -0.15) is 0 Å². The molecule has 0 saturated carbocycles. The van der Waals surface area contributed by atoms with Crippen molar-refractivity contribution in [2.75, 3.05) is 18.3 Å². The lowest BCUT2D eigenvalue weighted by Gasteiger charge is -2.21. The number of hydrogen-bond donors (Lipinski definition) is 1. The number of anilines is 1. The molecule has 0 aliphatic rings. The van der Waals surface area contributed by atoms with E-state index >= 15 is 0 Å². The average Bonchev–Trinajstić information content (AvgIpc) is 2.48. The summed E-state index contributed by atoms with van der Waals surface area (Å²) in [6.45, 7) is 6.21. The van der Waals surface area contributed by atoms with E-state index in [0.29, 0.717) is 13.2 Å². The van der Waals surface area contributed by atoms with Gasteiger partial charge in [0.05, 0.1) is 18.9 Å². The number of hydrogen-bond acceptors (Lipinski definition) is 3. The highest BCUT2D eigenvalue weighted by Crippen LogP contribution is 2.49. The van der Waals surface area contributed by atoms with Gasteiger partial charge < -0.3 is 0 Å². The molecule has 0 radical (unpaired) electrons. The van der Waals surface area contributed by atoms with Crippen molar-refractivity contribution in [2.45, 2.75) is 20.8 Å². The minimum atomic E-state index is -3.36. The van der Waals surface area contributed by atoms with Crippen molar-refractivity contribution in [2.24, 2.45) is 0 Å². The maximum absolute atomic E-state index is 12.7. The topological polar surface area (TPSA) is 47.6 Å². The molecule has 0 spiro atoms. The molecule has 5 heteroatoms. The van der Waals surface area contributed by atoms with E-state index in [4.69, 9.17) is 9.05 Å². The molecule has 0 unspecified atom stereocenters. The number of nitrogens with one attached hydrogen (secondary N) is 1. The molecule has 0 fully saturated rings. The van der Waals surface area contributed by atoms with Crippen LogP contribution in [-0.4, -0.2) is 13.2 Å². The second-order valence-corrected chi connectivity index (χ2v) is 6.59. The molecule has 118 valence electrons. The maximum atomic E-state index is 12.7. The van der Waals surface area contributed by atoms with Crippen molar-refractivity contribution < 1.29 is 13.6 Å². The molecule has 2 aromatic rings. The Morgan fingerprint density at radius 2 is 1.64 bits per heavy atom. The molecule has 2 aromatic carbocycles. The van der Waals surface area contributed by atoms with E-state index in [1.165, 1.54) is 0 Å². The van der Waals surface area contributed by atoms with Crippen LogP contribution in [0.5, 0.6) is 0 Å². The Bertz CT molecular complexity index is 648. The van der Waals surface area contributed by atoms with Gasteiger partial charge in [0.25, 0.3) is 0 Å². The van der Waals surface area contributed by atoms with Gasteiger partial charge >= 0.3 is 7.75 Å². The summed E-state index contributed by atoms with van der Waals surface area (Å²) < 4.78 is 23.4. The third-order valence-electron chi connectivity index (χ3n) is 3.12. The Morgan fingerprint density at radius 1 is 1.00 bits per heavy atom. The van der Waals surface area contributed by atoms with Gasteiger partial charge in [-0.25, -0.2) is 4.57 Å². The van der Waals surface area contributed by atoms with E-state index in [-0.39, 0.29) is 0 Å². The number of rotatable bonds is 7. The molecule has 1 N–H and O–H groups in total. The quantitative estimate of drug-likeness (QED) is 0.708. The Balaban J connectivity index is 2.41. The van der Waals surface area contributed by atoms with Gasteiger partial charge in [0.15, 0.2) is 0 Å². The lowest BCUT2D eigenvalue weighted by atomic mass is 10.0. The molecule has 0 aromatic heterocycles. The summed E-state index contributed by atoms with van der Waals surface area (Å²) in [6, 6.07) is 15.9. The zero-order chi connectivity index (χ0) is 16.0. The molecule has 0 atom stereocenters. The molecular weight excluding hydrogens is 297 g/mol. The zero-order valence-electron chi connectivity index (χ0n) is 13.2. The van der Waals surface area contributed by atoms with Crippen LogP contribution in [0, 0.1) is 6.92 Å². The highest BCUT2D eigenvalue weighted by Gasteiger charge is 2.25. The average molecular weight is 319 g/mol. The van der Waals surface area contributed by atoms with Crippen molar-refractivity contribution >= 4 is 13.4 Å². The van der Waals surface area contributed by atoms with Crippen molar-refractivity contribution in [1.29, 1.82) is 0 Å². The van der Waals surface area contributed by atoms with Crippen LogP contribution in [0.4, 0.5) is 5.69 Å². The van der Waals surface area contributed by atoms with Gasteiger partial charge in [0, 0.05) is 5.56 Å². The second-order valence-electron chi connectivity index (χ2n) is 4.86. The molecule has 0 bridgehead atoms. The Morgan fingerprint density at radius 3 is 2.23 bits per heavy atom. The van der Waals surface area contributed by atoms with Crippen molar-refractivity contribution in [3.63, 3.8) is 0 Å². The highest BCUT2D eigenvalue weighted by molar-refractivity contribution is 7.55. The van der Waals surface area contributed by atoms with Crippen molar-refractivity contribution in [3.05, 3.63) is 54.1 Å². The monoisotopic (exact) mass is 319 g/mol. The van der Waals surface area contributed by atoms with Crippen LogP contribution >= 0.6 is 7.75 Å². The van der Waals surface area contributed by atoms with Crippen LogP contribution in [0.1, 0.15) is 19.4 Å². The fraction of sp³-hybridized carbons (Fsp3) is 0.294. The van der Waals surface area contributed by atoms with Crippen molar-refractivity contribution in [1.82, 2.24) is 0 Å². The molecule has 2 rings (SSSR count). The molecule has 0 aliphatic heterocycles. The smallest absolute Gasteiger partial charge is 0.293 e. The second kappa shape index (κ2) is 7.59. The summed E-state index contributed by atoms with van der Waals surface area (Å²) in [4.78, 5) is 0. The summed E-state index contributed by atoms with van der Waals surface area (Å²) in [5, 5.41) is 2.98. The van der Waals surface area contributed by atoms with Crippen LogP contribution in [-0.2, 0) is 13.6 Å². The predicted molar refractivity (Wildman–Crippen MR) is 91.1 cm³/mol. The Kier molecular flexibility index (Phi) is 5.78. The van der Waals surface area contributed by atoms with E-state index in [1.807, 2.05) is 55.5 Å². The SMILES string of the molecule is CCOP(=O)(Nc1cc(C)ccc1-c1ccccc1)OCC. The summed E-state index contributed by atoms with van der Waals surface area (Å²) >= 11 is 0. The third kappa shape index (κ3) is 4.20. The Hall–Kier alpha value is -1.61. The van der Waals surface area contributed by atoms with Crippen LogP contribution in [0.15, 0.2) is 48.5 Å². The zero-order valence-corrected chi connectivity index (χ0v) is 14.1. The minimum Gasteiger partial charge on any atom is -0.293 e. The van der Waals surface area contributed by atoms with Gasteiger partial charge in [-0.1, -0.05) is 42.5 Å². The fourth-order valence-electron chi connectivity index (χ4n) is 2.21. The fourth-order valence-corrected chi connectivity index (χ4v) is 3.57. The molecule has 0 aliphatic carbocycles. The summed E-state index contributed by atoms with van der Waals surface area (Å²) in [5.41, 5.74) is 3.83. The Labute approximate surface area is 132 Å². The van der Waals surface area contributed by atoms with E-state index in [9.17, 15) is 4.57 Å². The molecule has 0 saturated heterocycles. The first-order valence-electron chi connectivity index (χ1n) is 7.41. The first kappa shape index (κ1) is 16.8. The van der Waals surface area contributed by atoms with E-state index < -0.39 is 7.75 Å². The number of aryl methyl sites for hydroxylation is 1. The summed E-state index contributed by atoms with van der Waals surface area (Å²) in [5.74, 6) is 0. The maximum Gasteiger partial charge on any atom is 0.432 e. The van der Waals surface area contributed by atoms with Gasteiger partial charge in [-0.15, -0.1) is 0 Å². The molecule has 4 nitrogen and oxygen atoms in total. The van der Waals surface area contributed by atoms with Crippen molar-refractivity contribution in [3.8, 4) is 11.1 Å². The first-order chi connectivity index (χ1) is 10.6. The van der Waals surface area contributed by atoms with Crippen LogP contribution in [0.2, 0.25) is 0 Å². The molecule has 0 amide bonds. The molecular formula is C17H22NO3P. The summed E-state index contributed by atoms with van der Waals surface area (Å²) in [7, 11) is -3.36. The third-order valence-corrected chi connectivity index (χ3v) is 4.83. The summed E-state index contributed by atoms with van der Waals surface area (Å²) in [6.07, 6.45) is 0. The van der Waals surface area contributed by atoms with E-state index in [0.717, 1.165) is 22.4 Å². The largest absolute Gasteiger partial charge is 0.432 e. The van der Waals surface area contributed by atoms with Gasteiger partial charge in [-0.3, -0.25) is 14.1 Å². The van der Waals surface area contributed by atoms with E-state index in [1.54, 1.807) is 13.8 Å². The lowest BCUT2D eigenvalue weighted by Crippen LogP contribution is -2.06. The minimum absolute atomic E-state index is 0.316. The van der Waals surface area contributed by atoms with Gasteiger partial charge in [-0.05, 0) is 38.0 Å². The highest BCUT2D eigenvalue weighted by atomic mass is 31.2. The number of benzene rings is 2. The first-order valence-corrected chi connectivity index (χ1v) is 8.95.